The molecule has 10 heteroatoms. The summed E-state index contributed by atoms with van der Waals surface area (Å²) in [6.07, 6.45) is -4.46. The molecule has 1 aliphatic rings. The zero-order chi connectivity index (χ0) is 36.1. The van der Waals surface area contributed by atoms with Crippen LogP contribution in [0.15, 0.2) is 121 Å². The van der Waals surface area contributed by atoms with Crippen LogP contribution in [-0.4, -0.2) is 66.0 Å². The second-order valence-electron chi connectivity index (χ2n) is 13.5. The lowest BCUT2D eigenvalue weighted by atomic mass is 9.95. The monoisotopic (exact) mass is 696 g/mol. The summed E-state index contributed by atoms with van der Waals surface area (Å²) in [6, 6.07) is 36.3. The zero-order valence-electron chi connectivity index (χ0n) is 29.4. The summed E-state index contributed by atoms with van der Waals surface area (Å²) in [5.41, 5.74) is 2.86. The smallest absolute Gasteiger partial charge is 0.408 e. The third-order valence-electron chi connectivity index (χ3n) is 8.23. The van der Waals surface area contributed by atoms with Crippen molar-refractivity contribution in [1.82, 2.24) is 10.6 Å². The Morgan fingerprint density at radius 1 is 0.706 bits per heavy atom. The number of nitrogens with one attached hydrogen (secondary N) is 2. The highest BCUT2D eigenvalue weighted by Gasteiger charge is 2.48. The Hall–Kier alpha value is -4.58. The summed E-state index contributed by atoms with van der Waals surface area (Å²) in [6.45, 7) is 6.07. The standard InChI is InChI=1S/C41H48N2O8/c1-41(2,3)51-40(46)42-33(24-29-16-8-4-9-17-29)38(44)43-35-37(49-27-32-22-14-7-15-23-32)36(48-26-31-20-12-6-13-21-31)34(50-39(35)45)28-47-25-30-18-10-5-11-19-30/h4-23,33-37,39,45H,24-28H2,1-3H3,(H,42,46)(H,43,44)/t33-,34+,35+,36+,37+,39+/m0/s1. The number of benzene rings is 4. The maximum atomic E-state index is 14.1. The Labute approximate surface area is 300 Å². The average molecular weight is 697 g/mol. The molecule has 4 aromatic rings. The van der Waals surface area contributed by atoms with Crippen LogP contribution in [0.1, 0.15) is 43.0 Å². The molecular weight excluding hydrogens is 648 g/mol. The van der Waals surface area contributed by atoms with E-state index in [9.17, 15) is 14.7 Å². The van der Waals surface area contributed by atoms with Crippen molar-refractivity contribution in [3.63, 3.8) is 0 Å². The van der Waals surface area contributed by atoms with Crippen LogP contribution in [0.2, 0.25) is 0 Å². The number of ether oxygens (including phenoxy) is 5. The van der Waals surface area contributed by atoms with E-state index in [1.54, 1.807) is 20.8 Å². The van der Waals surface area contributed by atoms with Gasteiger partial charge >= 0.3 is 6.09 Å². The molecule has 0 aromatic heterocycles. The largest absolute Gasteiger partial charge is 0.444 e. The van der Waals surface area contributed by atoms with Crippen molar-refractivity contribution < 1.29 is 38.4 Å². The van der Waals surface area contributed by atoms with Crippen LogP contribution in [0.25, 0.3) is 0 Å². The van der Waals surface area contributed by atoms with E-state index in [1.165, 1.54) is 0 Å². The number of amides is 2. The van der Waals surface area contributed by atoms with E-state index in [2.05, 4.69) is 10.6 Å². The van der Waals surface area contributed by atoms with E-state index in [1.807, 2.05) is 121 Å². The number of hydrogen-bond donors (Lipinski definition) is 3. The van der Waals surface area contributed by atoms with Gasteiger partial charge in [0, 0.05) is 6.42 Å². The van der Waals surface area contributed by atoms with Gasteiger partial charge in [-0.1, -0.05) is 121 Å². The van der Waals surface area contributed by atoms with Crippen LogP contribution < -0.4 is 10.6 Å². The first kappa shape index (κ1) is 37.7. The van der Waals surface area contributed by atoms with Crippen LogP contribution in [0, 0.1) is 0 Å². The molecule has 0 radical (unpaired) electrons. The van der Waals surface area contributed by atoms with Gasteiger partial charge in [-0.15, -0.1) is 0 Å². The first-order chi connectivity index (χ1) is 24.6. The molecule has 0 spiro atoms. The van der Waals surface area contributed by atoms with Gasteiger partial charge in [-0.3, -0.25) is 4.79 Å². The van der Waals surface area contributed by atoms with E-state index in [0.29, 0.717) is 6.61 Å². The van der Waals surface area contributed by atoms with Crippen LogP contribution >= 0.6 is 0 Å². The van der Waals surface area contributed by atoms with Gasteiger partial charge in [-0.05, 0) is 43.0 Å². The van der Waals surface area contributed by atoms with E-state index in [4.69, 9.17) is 23.7 Å². The van der Waals surface area contributed by atoms with E-state index in [0.717, 1.165) is 22.3 Å². The fraction of sp³-hybridized carbons (Fsp3) is 0.366. The molecule has 3 N–H and O–H groups in total. The quantitative estimate of drug-likeness (QED) is 0.144. The minimum absolute atomic E-state index is 0.0914. The van der Waals surface area contributed by atoms with Crippen molar-refractivity contribution in [2.24, 2.45) is 0 Å². The molecule has 6 atom stereocenters. The molecule has 4 aromatic carbocycles. The molecular formula is C41H48N2O8. The predicted molar refractivity (Wildman–Crippen MR) is 192 cm³/mol. The van der Waals surface area contributed by atoms with Crippen LogP contribution in [0.5, 0.6) is 0 Å². The lowest BCUT2D eigenvalue weighted by molar-refractivity contribution is -0.278. The highest BCUT2D eigenvalue weighted by atomic mass is 16.7. The van der Waals surface area contributed by atoms with Crippen LogP contribution in [0.3, 0.4) is 0 Å². The molecule has 1 saturated heterocycles. The van der Waals surface area contributed by atoms with Crippen molar-refractivity contribution in [1.29, 1.82) is 0 Å². The molecule has 0 saturated carbocycles. The summed E-state index contributed by atoms with van der Waals surface area (Å²) in [7, 11) is 0. The summed E-state index contributed by atoms with van der Waals surface area (Å²) in [5.74, 6) is -0.550. The molecule has 1 aliphatic heterocycles. The molecule has 1 heterocycles. The Morgan fingerprint density at radius 2 is 1.18 bits per heavy atom. The summed E-state index contributed by atoms with van der Waals surface area (Å²) in [4.78, 5) is 27.0. The summed E-state index contributed by atoms with van der Waals surface area (Å²) in [5, 5.41) is 17.2. The molecule has 2 amide bonds. The first-order valence-corrected chi connectivity index (χ1v) is 17.2. The number of aliphatic hydroxyl groups is 1. The minimum atomic E-state index is -1.49. The van der Waals surface area contributed by atoms with Crippen molar-refractivity contribution in [3.8, 4) is 0 Å². The first-order valence-electron chi connectivity index (χ1n) is 17.2. The Balaban J connectivity index is 1.41. The normalized spacial score (nSPS) is 21.0. The molecule has 5 rings (SSSR count). The number of carbonyl (C=O) groups is 2. The third kappa shape index (κ3) is 12.0. The van der Waals surface area contributed by atoms with Crippen LogP contribution in [0.4, 0.5) is 4.79 Å². The third-order valence-corrected chi connectivity index (χ3v) is 8.23. The highest BCUT2D eigenvalue weighted by molar-refractivity contribution is 5.86. The lowest BCUT2D eigenvalue weighted by Crippen LogP contribution is -2.67. The lowest BCUT2D eigenvalue weighted by Gasteiger charge is -2.45. The summed E-state index contributed by atoms with van der Waals surface area (Å²) < 4.78 is 30.8. The van der Waals surface area contributed by atoms with E-state index in [-0.39, 0.29) is 26.2 Å². The van der Waals surface area contributed by atoms with Crippen molar-refractivity contribution in [2.45, 2.75) is 89.3 Å². The Bertz CT molecular complexity index is 1620. The molecule has 270 valence electrons. The number of aliphatic hydroxyl groups excluding tert-OH is 1. The number of alkyl carbamates (subject to hydrolysis) is 1. The Morgan fingerprint density at radius 3 is 1.69 bits per heavy atom. The van der Waals surface area contributed by atoms with Gasteiger partial charge in [0.1, 0.15) is 36.0 Å². The minimum Gasteiger partial charge on any atom is -0.444 e. The molecule has 0 aliphatic carbocycles. The van der Waals surface area contributed by atoms with Gasteiger partial charge in [0.25, 0.3) is 0 Å². The average Bonchev–Trinajstić information content (AvgIpc) is 3.12. The SMILES string of the molecule is CC(C)(C)OC(=O)N[C@@H](Cc1ccccc1)C(=O)N[C@@H]1[C@@H](OCc2ccccc2)[C@H](OCc2ccccc2)[C@@H](COCc2ccccc2)O[C@H]1O. The van der Waals surface area contributed by atoms with Gasteiger partial charge in [-0.25, -0.2) is 4.79 Å². The van der Waals surface area contributed by atoms with E-state index >= 15 is 0 Å². The molecule has 0 unspecified atom stereocenters. The second kappa shape index (κ2) is 18.6. The van der Waals surface area contributed by atoms with E-state index < -0.39 is 54.3 Å². The number of hydrogen-bond acceptors (Lipinski definition) is 8. The van der Waals surface area contributed by atoms with Crippen LogP contribution in [-0.2, 0) is 54.7 Å². The zero-order valence-corrected chi connectivity index (χ0v) is 29.4. The second-order valence-corrected chi connectivity index (χ2v) is 13.5. The topological polar surface area (TPSA) is 125 Å². The number of rotatable bonds is 15. The summed E-state index contributed by atoms with van der Waals surface area (Å²) >= 11 is 0. The van der Waals surface area contributed by atoms with Gasteiger partial charge in [0.05, 0.1) is 26.4 Å². The number of carbonyl (C=O) groups excluding carboxylic acids is 2. The maximum absolute atomic E-state index is 14.1. The molecule has 10 nitrogen and oxygen atoms in total. The van der Waals surface area contributed by atoms with Crippen molar-refractivity contribution in [2.75, 3.05) is 6.61 Å². The van der Waals surface area contributed by atoms with Gasteiger partial charge in [-0.2, -0.15) is 0 Å². The fourth-order valence-corrected chi connectivity index (χ4v) is 5.78. The van der Waals surface area contributed by atoms with Crippen molar-refractivity contribution in [3.05, 3.63) is 144 Å². The van der Waals surface area contributed by atoms with Gasteiger partial charge in [0.2, 0.25) is 5.91 Å². The highest BCUT2D eigenvalue weighted by Crippen LogP contribution is 2.28. The van der Waals surface area contributed by atoms with Crippen molar-refractivity contribution >= 4 is 12.0 Å². The molecule has 0 bridgehead atoms. The Kier molecular flexibility index (Phi) is 13.7. The van der Waals surface area contributed by atoms with Gasteiger partial charge < -0.3 is 39.4 Å². The fourth-order valence-electron chi connectivity index (χ4n) is 5.78. The predicted octanol–water partition coefficient (Wildman–Crippen LogP) is 5.71. The maximum Gasteiger partial charge on any atom is 0.408 e. The van der Waals surface area contributed by atoms with Gasteiger partial charge in [0.15, 0.2) is 6.29 Å². The molecule has 51 heavy (non-hydrogen) atoms. The molecule has 1 fully saturated rings.